The average molecular weight is 244 g/mol. The molecule has 2 heterocycles. The Morgan fingerprint density at radius 2 is 2.18 bits per heavy atom. The van der Waals surface area contributed by atoms with E-state index in [0.29, 0.717) is 13.2 Å². The van der Waals surface area contributed by atoms with Crippen LogP contribution in [0.2, 0.25) is 0 Å². The van der Waals surface area contributed by atoms with E-state index < -0.39 is 0 Å². The van der Waals surface area contributed by atoms with Crippen LogP contribution in [0.15, 0.2) is 0 Å². The summed E-state index contributed by atoms with van der Waals surface area (Å²) in [5, 5.41) is 0. The smallest absolute Gasteiger partial charge is 0.181 e. The van der Waals surface area contributed by atoms with Crippen LogP contribution in [0.4, 0.5) is 0 Å². The average Bonchev–Trinajstić information content (AvgIpc) is 2.77. The molecule has 17 heavy (non-hydrogen) atoms. The molecule has 1 atom stereocenters. The van der Waals surface area contributed by atoms with Crippen LogP contribution >= 0.6 is 0 Å². The Morgan fingerprint density at radius 3 is 2.82 bits per heavy atom. The second-order valence-corrected chi connectivity index (χ2v) is 4.76. The normalized spacial score (nSPS) is 26.5. The van der Waals surface area contributed by atoms with Crippen molar-refractivity contribution >= 4 is 0 Å². The minimum atomic E-state index is -0.344. The van der Waals surface area contributed by atoms with Crippen molar-refractivity contribution in [2.75, 3.05) is 46.0 Å². The van der Waals surface area contributed by atoms with Crippen molar-refractivity contribution in [3.63, 3.8) is 0 Å². The fourth-order valence-electron chi connectivity index (χ4n) is 2.68. The van der Waals surface area contributed by atoms with Gasteiger partial charge in [0.2, 0.25) is 0 Å². The van der Waals surface area contributed by atoms with Crippen LogP contribution in [0.25, 0.3) is 0 Å². The maximum atomic E-state index is 5.75. The molecule has 0 aliphatic carbocycles. The minimum Gasteiger partial charge on any atom is -0.376 e. The van der Waals surface area contributed by atoms with Gasteiger partial charge in [0, 0.05) is 26.1 Å². The number of nitrogens with two attached hydrogens (primary N) is 1. The molecule has 2 rings (SSSR count). The van der Waals surface area contributed by atoms with Crippen molar-refractivity contribution in [3.8, 4) is 0 Å². The van der Waals surface area contributed by atoms with Crippen LogP contribution in [0.1, 0.15) is 19.8 Å². The lowest BCUT2D eigenvalue weighted by Gasteiger charge is -2.39. The van der Waals surface area contributed by atoms with E-state index in [4.69, 9.17) is 19.9 Å². The first-order chi connectivity index (χ1) is 8.28. The lowest BCUT2D eigenvalue weighted by molar-refractivity contribution is -0.191. The van der Waals surface area contributed by atoms with E-state index >= 15 is 0 Å². The van der Waals surface area contributed by atoms with Crippen LogP contribution in [-0.4, -0.2) is 62.8 Å². The zero-order chi connectivity index (χ0) is 12.1. The van der Waals surface area contributed by atoms with Gasteiger partial charge in [-0.2, -0.15) is 0 Å². The third kappa shape index (κ3) is 3.39. The molecule has 0 amide bonds. The molecule has 2 fully saturated rings. The third-order valence-corrected chi connectivity index (χ3v) is 3.44. The largest absolute Gasteiger partial charge is 0.376 e. The molecule has 5 nitrogen and oxygen atoms in total. The standard InChI is InChI=1S/C12H24N2O3/c1-2-15-11(8-13)9-14-5-3-4-12(10-14)16-6-7-17-12/h11H,2-10,13H2,1H3. The Morgan fingerprint density at radius 1 is 1.41 bits per heavy atom. The summed E-state index contributed by atoms with van der Waals surface area (Å²) in [6, 6.07) is 0. The molecule has 100 valence electrons. The first-order valence-corrected chi connectivity index (χ1v) is 6.60. The number of piperidine rings is 1. The number of hydrogen-bond donors (Lipinski definition) is 1. The van der Waals surface area contributed by atoms with Gasteiger partial charge in [0.25, 0.3) is 0 Å². The van der Waals surface area contributed by atoms with E-state index in [-0.39, 0.29) is 11.9 Å². The number of rotatable bonds is 5. The molecule has 2 aliphatic heterocycles. The zero-order valence-electron chi connectivity index (χ0n) is 10.7. The quantitative estimate of drug-likeness (QED) is 0.748. The second-order valence-electron chi connectivity index (χ2n) is 4.76. The molecule has 2 aliphatic rings. The predicted octanol–water partition coefficient (Wildman–Crippen LogP) is 0.189. The Bertz CT molecular complexity index is 232. The SMILES string of the molecule is CCOC(CN)CN1CCCC2(C1)OCCO2. The fourth-order valence-corrected chi connectivity index (χ4v) is 2.68. The predicted molar refractivity (Wildman–Crippen MR) is 64.8 cm³/mol. The van der Waals surface area contributed by atoms with Crippen molar-refractivity contribution in [1.82, 2.24) is 4.90 Å². The van der Waals surface area contributed by atoms with Gasteiger partial charge in [-0.05, 0) is 19.9 Å². The summed E-state index contributed by atoms with van der Waals surface area (Å²) < 4.78 is 17.1. The monoisotopic (exact) mass is 244 g/mol. The molecule has 0 aromatic heterocycles. The van der Waals surface area contributed by atoms with Crippen molar-refractivity contribution in [2.24, 2.45) is 5.73 Å². The van der Waals surface area contributed by atoms with Crippen LogP contribution in [0.5, 0.6) is 0 Å². The van der Waals surface area contributed by atoms with Gasteiger partial charge < -0.3 is 19.9 Å². The third-order valence-electron chi connectivity index (χ3n) is 3.44. The van der Waals surface area contributed by atoms with E-state index in [2.05, 4.69) is 4.90 Å². The maximum Gasteiger partial charge on any atom is 0.181 e. The van der Waals surface area contributed by atoms with Crippen LogP contribution in [-0.2, 0) is 14.2 Å². The molecule has 1 unspecified atom stereocenters. The zero-order valence-corrected chi connectivity index (χ0v) is 10.7. The van der Waals surface area contributed by atoms with Crippen molar-refractivity contribution < 1.29 is 14.2 Å². The van der Waals surface area contributed by atoms with Gasteiger partial charge in [-0.15, -0.1) is 0 Å². The van der Waals surface area contributed by atoms with E-state index in [0.717, 1.165) is 45.7 Å². The Kier molecular flexibility index (Phi) is 4.76. The second kappa shape index (κ2) is 6.11. The van der Waals surface area contributed by atoms with Crippen molar-refractivity contribution in [2.45, 2.75) is 31.7 Å². The molecule has 0 bridgehead atoms. The van der Waals surface area contributed by atoms with E-state index in [1.165, 1.54) is 0 Å². The summed E-state index contributed by atoms with van der Waals surface area (Å²) in [5.41, 5.74) is 5.71. The molecular weight excluding hydrogens is 220 g/mol. The summed E-state index contributed by atoms with van der Waals surface area (Å²) in [6.07, 6.45) is 2.24. The van der Waals surface area contributed by atoms with Crippen LogP contribution < -0.4 is 5.73 Å². The first kappa shape index (κ1) is 13.2. The van der Waals surface area contributed by atoms with Gasteiger partial charge in [-0.3, -0.25) is 4.90 Å². The highest BCUT2D eigenvalue weighted by Crippen LogP contribution is 2.30. The highest BCUT2D eigenvalue weighted by Gasteiger charge is 2.40. The summed E-state index contributed by atoms with van der Waals surface area (Å²) in [7, 11) is 0. The summed E-state index contributed by atoms with van der Waals surface area (Å²) >= 11 is 0. The van der Waals surface area contributed by atoms with E-state index in [1.54, 1.807) is 0 Å². The summed E-state index contributed by atoms with van der Waals surface area (Å²) in [6.45, 7) is 7.53. The Labute approximate surface area is 103 Å². The fraction of sp³-hybridized carbons (Fsp3) is 1.00. The molecule has 2 N–H and O–H groups in total. The van der Waals surface area contributed by atoms with Gasteiger partial charge >= 0.3 is 0 Å². The van der Waals surface area contributed by atoms with Gasteiger partial charge in [0.15, 0.2) is 5.79 Å². The highest BCUT2D eigenvalue weighted by molar-refractivity contribution is 4.85. The highest BCUT2D eigenvalue weighted by atomic mass is 16.7. The number of nitrogens with zero attached hydrogens (tertiary/aromatic N) is 1. The van der Waals surface area contributed by atoms with E-state index in [1.807, 2.05) is 6.92 Å². The minimum absolute atomic E-state index is 0.122. The van der Waals surface area contributed by atoms with Gasteiger partial charge in [-0.25, -0.2) is 0 Å². The summed E-state index contributed by atoms with van der Waals surface area (Å²) in [4.78, 5) is 2.35. The Balaban J connectivity index is 1.84. The van der Waals surface area contributed by atoms with Gasteiger partial charge in [-0.1, -0.05) is 0 Å². The van der Waals surface area contributed by atoms with Gasteiger partial charge in [0.1, 0.15) is 0 Å². The topological polar surface area (TPSA) is 57.0 Å². The van der Waals surface area contributed by atoms with Crippen LogP contribution in [0.3, 0.4) is 0 Å². The molecule has 1 spiro atoms. The lowest BCUT2D eigenvalue weighted by Crippen LogP contribution is -2.51. The van der Waals surface area contributed by atoms with Gasteiger partial charge in [0.05, 0.1) is 25.9 Å². The molecule has 0 aromatic rings. The first-order valence-electron chi connectivity index (χ1n) is 6.60. The molecular formula is C12H24N2O3. The number of likely N-dealkylation sites (tertiary alicyclic amines) is 1. The molecule has 2 saturated heterocycles. The van der Waals surface area contributed by atoms with E-state index in [9.17, 15) is 0 Å². The molecule has 0 saturated carbocycles. The van der Waals surface area contributed by atoms with Crippen molar-refractivity contribution in [1.29, 1.82) is 0 Å². The number of hydrogen-bond acceptors (Lipinski definition) is 5. The van der Waals surface area contributed by atoms with Crippen LogP contribution in [0, 0.1) is 0 Å². The number of ether oxygens (including phenoxy) is 3. The van der Waals surface area contributed by atoms with Crippen molar-refractivity contribution in [3.05, 3.63) is 0 Å². The molecule has 0 aromatic carbocycles. The molecule has 0 radical (unpaired) electrons. The molecule has 5 heteroatoms. The summed E-state index contributed by atoms with van der Waals surface area (Å²) in [5.74, 6) is -0.344. The maximum absolute atomic E-state index is 5.75. The lowest BCUT2D eigenvalue weighted by atomic mass is 10.0. The Hall–Kier alpha value is -0.200.